The topological polar surface area (TPSA) is 630 Å². The summed E-state index contributed by atoms with van der Waals surface area (Å²) in [4.78, 5) is 277. The van der Waals surface area contributed by atoms with E-state index in [1.54, 1.807) is 0 Å². The zero-order chi connectivity index (χ0) is 88.8. The van der Waals surface area contributed by atoms with E-state index in [4.69, 9.17) is 44.1 Å². The molecule has 40 nitrogen and oxygen atoms in total. The van der Waals surface area contributed by atoms with Crippen LogP contribution in [0.3, 0.4) is 0 Å². The molecule has 43 heteroatoms. The van der Waals surface area contributed by atoms with Gasteiger partial charge in [-0.15, -0.1) is 0 Å². The Kier molecular flexibility index (Phi) is 42.7. The first-order chi connectivity index (χ1) is 56.4. The van der Waals surface area contributed by atoms with Crippen LogP contribution in [-0.2, 0) is 112 Å². The number of aliphatic carboxylic acids is 2. The number of hydrogen-bond acceptors (Lipinski definition) is 26. The van der Waals surface area contributed by atoms with E-state index in [-0.39, 0.29) is 66.5 Å². The fourth-order valence-electron chi connectivity index (χ4n) is 12.7. The molecule has 2 aromatic carbocycles. The molecule has 119 heavy (non-hydrogen) atoms. The summed E-state index contributed by atoms with van der Waals surface area (Å²) in [5.41, 5.74) is 11.7. The molecule has 1 fully saturated rings. The van der Waals surface area contributed by atoms with Gasteiger partial charge in [-0.05, 0) is 81.5 Å². The normalized spacial score (nSPS) is 21.0. The molecule has 2 heterocycles. The quantitative estimate of drug-likeness (QED) is 0.0107. The SMILES string of the molecule is CCCCCCCCCC(=O)N[C@@H](Cc1c[nH]c2ccc(F)cc12)C(=O)N[C@H](CC(N)=O)C(=O)C[C@@H](CC(=O)O)C(=O)N[C@@H]1C(=O)NCC(=O)N[C@@H](CCCN)C(=O)C[C@@H](COC=O)C(=O)N[C@H](C)C(=O)N[C@@H](COC=O)C(=O)NCC(=O)N[C@H](CO)C(=O)C[C@@H]([C@H](C)CC(=O)O)C(=O)N[C@@H](CC(=O)c2cc(Cl)cc(Cl)c2NC)C(=O)O[C@@H]1C. The second-order valence-corrected chi connectivity index (χ2v) is 29.3. The molecular weight excluding hydrogens is 1610 g/mol. The number of Topliss-reactive ketones (excluding diaryl/α,β-unsaturated/α-hetero) is 4. The molecule has 11 amide bonds. The number of amides is 11. The van der Waals surface area contributed by atoms with Gasteiger partial charge < -0.3 is 104 Å². The molecule has 0 spiro atoms. The molecular formula is C76H103Cl2FN14O26. The summed E-state index contributed by atoms with van der Waals surface area (Å²) in [6.45, 7) is -0.363. The zero-order valence-electron chi connectivity index (χ0n) is 66.1. The minimum absolute atomic E-state index is 0.0190. The Morgan fingerprint density at radius 3 is 1.93 bits per heavy atom. The molecule has 0 radical (unpaired) electrons. The van der Waals surface area contributed by atoms with Gasteiger partial charge in [-0.25, -0.2) is 9.18 Å². The maximum Gasteiger partial charge on any atom is 0.329 e. The average Bonchev–Trinajstić information content (AvgIpc) is 1.75. The van der Waals surface area contributed by atoms with Gasteiger partial charge in [-0.2, -0.15) is 0 Å². The van der Waals surface area contributed by atoms with Crippen molar-refractivity contribution in [2.75, 3.05) is 51.8 Å². The molecule has 13 atom stereocenters. The van der Waals surface area contributed by atoms with Crippen molar-refractivity contribution in [2.45, 2.75) is 198 Å². The number of unbranched alkanes of at least 4 members (excludes halogenated alkanes) is 6. The largest absolute Gasteiger partial charge is 0.481 e. The zero-order valence-corrected chi connectivity index (χ0v) is 67.6. The van der Waals surface area contributed by atoms with Crippen molar-refractivity contribution in [3.8, 4) is 0 Å². The second-order valence-electron chi connectivity index (χ2n) is 28.4. The standard InChI is InChI=1S/C76H103Cl2FN14O26/c1-6-7-8-9-10-11-12-15-62(102)88-53(20-42-30-83-50-17-16-45(79)26-47(42)50)74(114)90-52(29-61(81)101)59(99)21-41(23-66(107)108)70(110)93-67-40(4)119-76(116)54(28-57(97)48-24-44(77)25-49(78)68(48)82-5)91-72(112)46(38(2)19-65(105)106)27-60(100)55(33-94)89-64(104)31-84-73(113)56(35-118-37-96)92-69(109)39(3)86-71(111)43(34-117-36-95)22-58(98)51(14-13-18-80)87-63(103)32-85-75(67)115/h16-17,24-26,30,36-41,43,46,51-56,67,82-83,94H,6-15,18-23,27-29,31-35,80H2,1-5H3,(H2,81,101)(H,84,113)(H,85,115)(H,86,111)(H,87,103)(H,88,102)(H,89,104)(H,90,114)(H,91,112)(H,92,109)(H,93,110)(H,105,106)(H,107,108)/t38-,39-,40-,41+,43+,46+,51+,52-,53+,54+,55-,56+,67+/m1/s1. The number of aromatic nitrogens is 1. The lowest BCUT2D eigenvalue weighted by molar-refractivity contribution is -0.156. The minimum atomic E-state index is -2.42. The smallest absolute Gasteiger partial charge is 0.329 e. The maximum atomic E-state index is 15.1. The van der Waals surface area contributed by atoms with Gasteiger partial charge in [-0.3, -0.25) is 91.1 Å². The summed E-state index contributed by atoms with van der Waals surface area (Å²) in [5.74, 6) is -30.9. The van der Waals surface area contributed by atoms with Crippen molar-refractivity contribution in [3.63, 3.8) is 0 Å². The molecule has 1 aliphatic rings. The van der Waals surface area contributed by atoms with Gasteiger partial charge in [0.1, 0.15) is 61.4 Å². The molecule has 4 rings (SSSR count). The Bertz CT molecular complexity index is 4170. The number of carbonyl (C=O) groups excluding carboxylic acids is 18. The van der Waals surface area contributed by atoms with Crippen LogP contribution >= 0.6 is 23.2 Å². The van der Waals surface area contributed by atoms with Crippen LogP contribution in [0.15, 0.2) is 36.5 Å². The van der Waals surface area contributed by atoms with Crippen LogP contribution in [0.4, 0.5) is 10.1 Å². The van der Waals surface area contributed by atoms with Gasteiger partial charge in [0.15, 0.2) is 23.1 Å². The Morgan fingerprint density at radius 2 is 1.31 bits per heavy atom. The summed E-state index contributed by atoms with van der Waals surface area (Å²) in [6, 6.07) is -9.34. The van der Waals surface area contributed by atoms with E-state index in [9.17, 15) is 111 Å². The van der Waals surface area contributed by atoms with E-state index in [1.807, 2.05) is 0 Å². The van der Waals surface area contributed by atoms with Crippen LogP contribution in [-0.4, -0.2) is 240 Å². The molecule has 19 N–H and O–H groups in total. The summed E-state index contributed by atoms with van der Waals surface area (Å²) in [6.07, 6.45) is -3.28. The lowest BCUT2D eigenvalue weighted by atomic mass is 9.84. The van der Waals surface area contributed by atoms with Gasteiger partial charge in [0, 0.05) is 85.6 Å². The number of hydrogen-bond donors (Lipinski definition) is 17. The van der Waals surface area contributed by atoms with Crippen LogP contribution < -0.4 is 70.0 Å². The third kappa shape index (κ3) is 33.7. The summed E-state index contributed by atoms with van der Waals surface area (Å²) in [5, 5.41) is 56.1. The number of primary amides is 1. The van der Waals surface area contributed by atoms with Gasteiger partial charge in [0.25, 0.3) is 12.9 Å². The monoisotopic (exact) mass is 1720 g/mol. The van der Waals surface area contributed by atoms with Crippen molar-refractivity contribution in [3.05, 3.63) is 63.5 Å². The number of esters is 1. The first-order valence-corrected chi connectivity index (χ1v) is 39.0. The van der Waals surface area contributed by atoms with Crippen LogP contribution in [0.2, 0.25) is 10.0 Å². The third-order valence-electron chi connectivity index (χ3n) is 19.1. The molecule has 0 aliphatic carbocycles. The number of fused-ring (bicyclic) bond motifs is 1. The first-order valence-electron chi connectivity index (χ1n) is 38.2. The molecule has 1 aliphatic heterocycles. The van der Waals surface area contributed by atoms with Crippen LogP contribution in [0.5, 0.6) is 0 Å². The van der Waals surface area contributed by atoms with Crippen LogP contribution in [0.25, 0.3) is 10.9 Å². The number of aliphatic hydroxyl groups is 1. The van der Waals surface area contributed by atoms with E-state index < -0.39 is 268 Å². The lowest BCUT2D eigenvalue weighted by Crippen LogP contribution is -2.57. The van der Waals surface area contributed by atoms with Gasteiger partial charge >= 0.3 is 17.9 Å². The molecule has 0 bridgehead atoms. The lowest BCUT2D eigenvalue weighted by Gasteiger charge is -2.29. The Labute approximate surface area is 691 Å². The van der Waals surface area contributed by atoms with E-state index in [1.165, 1.54) is 37.5 Å². The van der Waals surface area contributed by atoms with Crippen molar-refractivity contribution < 1.29 is 130 Å². The maximum absolute atomic E-state index is 15.1. The van der Waals surface area contributed by atoms with Gasteiger partial charge in [-0.1, -0.05) is 75.6 Å². The molecule has 0 unspecified atom stereocenters. The number of halogens is 3. The number of cyclic esters (lactones) is 1. The predicted molar refractivity (Wildman–Crippen MR) is 418 cm³/mol. The summed E-state index contributed by atoms with van der Waals surface area (Å²) < 4.78 is 29.9. The molecule has 0 saturated carbocycles. The number of anilines is 1. The molecule has 1 saturated heterocycles. The van der Waals surface area contributed by atoms with Crippen molar-refractivity contribution in [1.82, 2.24) is 58.2 Å². The third-order valence-corrected chi connectivity index (χ3v) is 19.6. The highest BCUT2D eigenvalue weighted by Gasteiger charge is 2.41. The molecule has 3 aromatic rings. The molecule has 1 aromatic heterocycles. The number of aliphatic hydroxyl groups excluding tert-OH is 1. The number of carboxylic acid groups (broad SMARTS) is 2. The first kappa shape index (κ1) is 99.8. The van der Waals surface area contributed by atoms with E-state index in [0.29, 0.717) is 29.3 Å². The van der Waals surface area contributed by atoms with Gasteiger partial charge in [0.05, 0.1) is 67.2 Å². The Hall–Kier alpha value is -11.6. The number of carbonyl (C=O) groups is 20. The van der Waals surface area contributed by atoms with Crippen molar-refractivity contribution >= 4 is 159 Å². The number of carboxylic acids is 2. The number of ketones is 4. The van der Waals surface area contributed by atoms with Gasteiger partial charge in [0.2, 0.25) is 65.0 Å². The van der Waals surface area contributed by atoms with Crippen LogP contribution in [0, 0.1) is 29.5 Å². The number of nitrogens with two attached hydrogens (primary N) is 2. The minimum Gasteiger partial charge on any atom is -0.481 e. The summed E-state index contributed by atoms with van der Waals surface area (Å²) in [7, 11) is 1.33. The van der Waals surface area contributed by atoms with E-state index >= 15 is 4.79 Å². The highest BCUT2D eigenvalue weighted by molar-refractivity contribution is 6.37. The fraction of sp³-hybridized carbons (Fsp3) is 0.553. The van der Waals surface area contributed by atoms with E-state index in [0.717, 1.165) is 58.9 Å². The Morgan fingerprint density at radius 1 is 0.689 bits per heavy atom. The van der Waals surface area contributed by atoms with Crippen molar-refractivity contribution in [2.24, 2.45) is 35.1 Å². The fourth-order valence-corrected chi connectivity index (χ4v) is 13.3. The number of H-pyrrole nitrogens is 1. The highest BCUT2D eigenvalue weighted by atomic mass is 35.5. The number of aromatic amines is 1. The van der Waals surface area contributed by atoms with Crippen LogP contribution in [0.1, 0.15) is 153 Å². The number of rotatable bonds is 39. The predicted octanol–water partition coefficient (Wildman–Crippen LogP) is -1.05. The number of nitrogens with one attached hydrogen (secondary N) is 12. The second kappa shape index (κ2) is 50.9. The highest BCUT2D eigenvalue weighted by Crippen LogP contribution is 2.32. The van der Waals surface area contributed by atoms with E-state index in [2.05, 4.69) is 75.1 Å². The number of ether oxygens (including phenoxy) is 3. The molecule has 654 valence electrons. The summed E-state index contributed by atoms with van der Waals surface area (Å²) >= 11 is 12.8. The Balaban J connectivity index is 1.91. The average molecular weight is 1720 g/mol. The van der Waals surface area contributed by atoms with Crippen molar-refractivity contribution in [1.29, 1.82) is 0 Å². The number of benzene rings is 2.